The number of halogens is 2. The molecule has 1 aromatic rings. The lowest BCUT2D eigenvalue weighted by atomic mass is 10.3. The largest absolute Gasteiger partial charge is 0.354 e. The monoisotopic (exact) mass is 394 g/mol. The Morgan fingerprint density at radius 2 is 1.90 bits per heavy atom. The molecule has 3 N–H and O–H groups in total. The highest BCUT2D eigenvalue weighted by Crippen LogP contribution is 2.07. The second-order valence-corrected chi connectivity index (χ2v) is 4.28. The Bertz CT molecular complexity index is 448. The molecule has 0 heterocycles. The van der Waals surface area contributed by atoms with Crippen LogP contribution in [0.3, 0.4) is 0 Å². The standard InChI is InChI=1S/C13H19FN4O.HI/c1-9(2)17-13(15-3)16-8-12(19)18-11-6-4-10(14)5-7-11;/h4-7,9H,8H2,1-3H3,(H,18,19)(H2,15,16,17);1H. The molecule has 0 aromatic heterocycles. The molecule has 20 heavy (non-hydrogen) atoms. The van der Waals surface area contributed by atoms with E-state index in [4.69, 9.17) is 0 Å². The van der Waals surface area contributed by atoms with Crippen molar-refractivity contribution in [3.8, 4) is 0 Å². The molecule has 0 saturated carbocycles. The van der Waals surface area contributed by atoms with E-state index in [-0.39, 0.29) is 48.3 Å². The van der Waals surface area contributed by atoms with E-state index < -0.39 is 0 Å². The van der Waals surface area contributed by atoms with E-state index in [0.717, 1.165) is 0 Å². The molecule has 1 amide bonds. The second kappa shape index (κ2) is 9.51. The molecule has 1 rings (SSSR count). The summed E-state index contributed by atoms with van der Waals surface area (Å²) in [6.45, 7) is 4.04. The molecule has 7 heteroatoms. The zero-order chi connectivity index (χ0) is 14.3. The maximum absolute atomic E-state index is 12.7. The predicted octanol–water partition coefficient (Wildman–Crippen LogP) is 1.96. The van der Waals surface area contributed by atoms with Crippen molar-refractivity contribution in [1.29, 1.82) is 0 Å². The zero-order valence-corrected chi connectivity index (χ0v) is 14.1. The first-order valence-electron chi connectivity index (χ1n) is 6.04. The SMILES string of the molecule is CN=C(NCC(=O)Nc1ccc(F)cc1)NC(C)C.I. The van der Waals surface area contributed by atoms with Gasteiger partial charge in [0, 0.05) is 18.8 Å². The molecule has 5 nitrogen and oxygen atoms in total. The number of benzene rings is 1. The Kier molecular flexibility index (Phi) is 8.86. The van der Waals surface area contributed by atoms with Crippen molar-refractivity contribution >= 4 is 41.5 Å². The zero-order valence-electron chi connectivity index (χ0n) is 11.7. The summed E-state index contributed by atoms with van der Waals surface area (Å²) in [6.07, 6.45) is 0. The van der Waals surface area contributed by atoms with Crippen molar-refractivity contribution in [3.05, 3.63) is 30.1 Å². The smallest absolute Gasteiger partial charge is 0.243 e. The number of aliphatic imine (C=N–C) groups is 1. The number of carbonyl (C=O) groups excluding carboxylic acids is 1. The summed E-state index contributed by atoms with van der Waals surface area (Å²) in [5.41, 5.74) is 0.556. The van der Waals surface area contributed by atoms with Gasteiger partial charge in [0.05, 0.1) is 6.54 Å². The molecule has 0 spiro atoms. The molecule has 0 atom stereocenters. The fraction of sp³-hybridized carbons (Fsp3) is 0.385. The predicted molar refractivity (Wildman–Crippen MR) is 90.1 cm³/mol. The Labute approximate surface area is 135 Å². The van der Waals surface area contributed by atoms with Crippen LogP contribution < -0.4 is 16.0 Å². The van der Waals surface area contributed by atoms with Crippen LogP contribution >= 0.6 is 24.0 Å². The number of nitrogens with one attached hydrogen (secondary N) is 3. The molecule has 0 aliphatic carbocycles. The number of rotatable bonds is 4. The van der Waals surface area contributed by atoms with Crippen molar-refractivity contribution in [3.63, 3.8) is 0 Å². The normalized spacial score (nSPS) is 10.8. The Hall–Kier alpha value is -1.38. The first-order chi connectivity index (χ1) is 9.01. The maximum atomic E-state index is 12.7. The van der Waals surface area contributed by atoms with Gasteiger partial charge in [-0.25, -0.2) is 4.39 Å². The van der Waals surface area contributed by atoms with E-state index in [1.165, 1.54) is 24.3 Å². The van der Waals surface area contributed by atoms with E-state index in [1.54, 1.807) is 7.05 Å². The van der Waals surface area contributed by atoms with Crippen LogP contribution in [0.2, 0.25) is 0 Å². The van der Waals surface area contributed by atoms with Gasteiger partial charge in [-0.1, -0.05) is 0 Å². The summed E-state index contributed by atoms with van der Waals surface area (Å²) in [5.74, 6) is 0.000213. The third kappa shape index (κ3) is 7.27. The minimum atomic E-state index is -0.336. The topological polar surface area (TPSA) is 65.5 Å². The van der Waals surface area contributed by atoms with Gasteiger partial charge in [-0.2, -0.15) is 0 Å². The average Bonchev–Trinajstić information content (AvgIpc) is 2.37. The quantitative estimate of drug-likeness (QED) is 0.416. The molecular formula is C13H20FIN4O. The van der Waals surface area contributed by atoms with Crippen LogP contribution in [0.15, 0.2) is 29.3 Å². The van der Waals surface area contributed by atoms with Crippen molar-refractivity contribution in [2.24, 2.45) is 4.99 Å². The van der Waals surface area contributed by atoms with Gasteiger partial charge in [0.15, 0.2) is 5.96 Å². The molecule has 0 saturated heterocycles. The minimum absolute atomic E-state index is 0. The van der Waals surface area contributed by atoms with E-state index in [0.29, 0.717) is 11.6 Å². The van der Waals surface area contributed by atoms with E-state index in [1.807, 2.05) is 13.8 Å². The van der Waals surface area contributed by atoms with Gasteiger partial charge in [-0.05, 0) is 38.1 Å². The first kappa shape index (κ1) is 18.6. The number of hydrogen-bond acceptors (Lipinski definition) is 2. The van der Waals surface area contributed by atoms with Crippen molar-refractivity contribution < 1.29 is 9.18 Å². The third-order valence-corrected chi connectivity index (χ3v) is 2.19. The van der Waals surface area contributed by atoms with Crippen molar-refractivity contribution in [1.82, 2.24) is 10.6 Å². The summed E-state index contributed by atoms with van der Waals surface area (Å²) in [4.78, 5) is 15.6. The minimum Gasteiger partial charge on any atom is -0.354 e. The van der Waals surface area contributed by atoms with Gasteiger partial charge >= 0.3 is 0 Å². The summed E-state index contributed by atoms with van der Waals surface area (Å²) < 4.78 is 12.7. The molecule has 0 bridgehead atoms. The highest BCUT2D eigenvalue weighted by molar-refractivity contribution is 14.0. The summed E-state index contributed by atoms with van der Waals surface area (Å²) >= 11 is 0. The molecule has 112 valence electrons. The summed E-state index contributed by atoms with van der Waals surface area (Å²) in [5, 5.41) is 8.60. The lowest BCUT2D eigenvalue weighted by molar-refractivity contribution is -0.115. The highest BCUT2D eigenvalue weighted by Gasteiger charge is 2.05. The molecule has 0 radical (unpaired) electrons. The molecule has 0 fully saturated rings. The van der Waals surface area contributed by atoms with Crippen molar-refractivity contribution in [2.45, 2.75) is 19.9 Å². The Balaban J connectivity index is 0.00000361. The highest BCUT2D eigenvalue weighted by atomic mass is 127. The Morgan fingerprint density at radius 3 is 2.40 bits per heavy atom. The lowest BCUT2D eigenvalue weighted by Crippen LogP contribution is -2.44. The van der Waals surface area contributed by atoms with Crippen LogP contribution in [-0.4, -0.2) is 31.5 Å². The lowest BCUT2D eigenvalue weighted by Gasteiger charge is -2.14. The van der Waals surface area contributed by atoms with Crippen molar-refractivity contribution in [2.75, 3.05) is 18.9 Å². The molecule has 0 aliphatic rings. The van der Waals surface area contributed by atoms with Crippen LogP contribution in [0.4, 0.5) is 10.1 Å². The van der Waals surface area contributed by atoms with Crippen LogP contribution in [0.1, 0.15) is 13.8 Å². The average molecular weight is 394 g/mol. The number of amides is 1. The number of guanidine groups is 1. The summed E-state index contributed by atoms with van der Waals surface area (Å²) in [7, 11) is 1.63. The van der Waals surface area contributed by atoms with Crippen LogP contribution in [0.5, 0.6) is 0 Å². The van der Waals surface area contributed by atoms with Crippen LogP contribution in [-0.2, 0) is 4.79 Å². The van der Waals surface area contributed by atoms with Gasteiger partial charge in [-0.3, -0.25) is 9.79 Å². The fourth-order valence-electron chi connectivity index (χ4n) is 1.37. The third-order valence-electron chi connectivity index (χ3n) is 2.19. The molecule has 1 aromatic carbocycles. The number of nitrogens with zero attached hydrogens (tertiary/aromatic N) is 1. The molecule has 0 unspecified atom stereocenters. The van der Waals surface area contributed by atoms with E-state index in [9.17, 15) is 9.18 Å². The number of hydrogen-bond donors (Lipinski definition) is 3. The van der Waals surface area contributed by atoms with E-state index >= 15 is 0 Å². The van der Waals surface area contributed by atoms with Crippen LogP contribution in [0.25, 0.3) is 0 Å². The number of anilines is 1. The van der Waals surface area contributed by atoms with Gasteiger partial charge in [0.1, 0.15) is 5.82 Å². The molecular weight excluding hydrogens is 374 g/mol. The van der Waals surface area contributed by atoms with Gasteiger partial charge < -0.3 is 16.0 Å². The van der Waals surface area contributed by atoms with Gasteiger partial charge in [0.25, 0.3) is 0 Å². The van der Waals surface area contributed by atoms with Crippen LogP contribution in [0, 0.1) is 5.82 Å². The summed E-state index contributed by atoms with van der Waals surface area (Å²) in [6, 6.07) is 5.83. The van der Waals surface area contributed by atoms with Gasteiger partial charge in [-0.15, -0.1) is 24.0 Å². The van der Waals surface area contributed by atoms with Gasteiger partial charge in [0.2, 0.25) is 5.91 Å². The molecule has 0 aliphatic heterocycles. The number of carbonyl (C=O) groups is 1. The maximum Gasteiger partial charge on any atom is 0.243 e. The second-order valence-electron chi connectivity index (χ2n) is 4.28. The fourth-order valence-corrected chi connectivity index (χ4v) is 1.37. The first-order valence-corrected chi connectivity index (χ1v) is 6.04. The Morgan fingerprint density at radius 1 is 1.30 bits per heavy atom. The van der Waals surface area contributed by atoms with E-state index in [2.05, 4.69) is 20.9 Å².